The van der Waals surface area contributed by atoms with Crippen molar-refractivity contribution in [3.63, 3.8) is 0 Å². The number of para-hydroxylation sites is 1. The lowest BCUT2D eigenvalue weighted by Crippen LogP contribution is -2.50. The summed E-state index contributed by atoms with van der Waals surface area (Å²) in [5.41, 5.74) is 2.28. The van der Waals surface area contributed by atoms with Crippen LogP contribution in [-0.2, 0) is 11.2 Å². The Morgan fingerprint density at radius 1 is 1.07 bits per heavy atom. The highest BCUT2D eigenvalue weighted by atomic mass is 19.1. The van der Waals surface area contributed by atoms with E-state index in [1.165, 1.54) is 24.3 Å². The van der Waals surface area contributed by atoms with E-state index in [0.717, 1.165) is 42.1 Å². The second-order valence-corrected chi connectivity index (χ2v) is 7.59. The molecule has 0 aliphatic heterocycles. The van der Waals surface area contributed by atoms with Crippen molar-refractivity contribution >= 4 is 22.7 Å². The molecule has 29 heavy (non-hydrogen) atoms. The maximum atomic E-state index is 13.2. The standard InChI is InChI=1S/C23H24FN3O2/c24-17-11-9-15(10-12-17)22(28)27-21(23(29)26-18-5-1-2-6-18)13-16-14-25-20-8-4-3-7-19(16)20/h3-4,7-12,14,18,21,25H,1-2,5-6,13H2,(H,26,29)(H,27,28). The van der Waals surface area contributed by atoms with Crippen molar-refractivity contribution in [1.82, 2.24) is 15.6 Å². The number of H-pyrrole nitrogens is 1. The van der Waals surface area contributed by atoms with Gasteiger partial charge in [-0.1, -0.05) is 31.0 Å². The molecular formula is C23H24FN3O2. The Labute approximate surface area is 168 Å². The topological polar surface area (TPSA) is 74.0 Å². The van der Waals surface area contributed by atoms with Crippen LogP contribution in [0, 0.1) is 5.82 Å². The first-order valence-corrected chi connectivity index (χ1v) is 10.0. The first-order valence-electron chi connectivity index (χ1n) is 10.0. The summed E-state index contributed by atoms with van der Waals surface area (Å²) in [4.78, 5) is 28.9. The van der Waals surface area contributed by atoms with Gasteiger partial charge in [0.2, 0.25) is 5.91 Å². The molecule has 2 amide bonds. The highest BCUT2D eigenvalue weighted by Crippen LogP contribution is 2.21. The van der Waals surface area contributed by atoms with Crippen LogP contribution in [0.25, 0.3) is 10.9 Å². The third-order valence-electron chi connectivity index (χ3n) is 5.53. The quantitative estimate of drug-likeness (QED) is 0.597. The summed E-state index contributed by atoms with van der Waals surface area (Å²) < 4.78 is 13.2. The lowest BCUT2D eigenvalue weighted by Gasteiger charge is -2.21. The van der Waals surface area contributed by atoms with Crippen LogP contribution in [0.1, 0.15) is 41.6 Å². The van der Waals surface area contributed by atoms with Gasteiger partial charge in [0.05, 0.1) is 0 Å². The number of benzene rings is 2. The summed E-state index contributed by atoms with van der Waals surface area (Å²) in [6.07, 6.45) is 6.41. The molecular weight excluding hydrogens is 369 g/mol. The van der Waals surface area contributed by atoms with E-state index in [9.17, 15) is 14.0 Å². The molecule has 3 N–H and O–H groups in total. The second-order valence-electron chi connectivity index (χ2n) is 7.59. The number of amides is 2. The molecule has 1 heterocycles. The Morgan fingerprint density at radius 3 is 2.55 bits per heavy atom. The molecule has 1 aliphatic rings. The van der Waals surface area contributed by atoms with E-state index in [1.807, 2.05) is 30.5 Å². The summed E-state index contributed by atoms with van der Waals surface area (Å²) >= 11 is 0. The van der Waals surface area contributed by atoms with Crippen LogP contribution in [0.4, 0.5) is 4.39 Å². The molecule has 6 heteroatoms. The van der Waals surface area contributed by atoms with Crippen molar-refractivity contribution in [2.24, 2.45) is 0 Å². The van der Waals surface area contributed by atoms with Crippen LogP contribution in [0.2, 0.25) is 0 Å². The third kappa shape index (κ3) is 4.47. The lowest BCUT2D eigenvalue weighted by molar-refractivity contribution is -0.123. The van der Waals surface area contributed by atoms with Crippen LogP contribution in [-0.4, -0.2) is 28.9 Å². The molecule has 0 saturated heterocycles. The fourth-order valence-corrected chi connectivity index (χ4v) is 3.94. The second kappa shape index (κ2) is 8.47. The molecule has 0 spiro atoms. The van der Waals surface area contributed by atoms with E-state index in [0.29, 0.717) is 12.0 Å². The summed E-state index contributed by atoms with van der Waals surface area (Å²) in [6.45, 7) is 0. The number of halogens is 1. The molecule has 1 aliphatic carbocycles. The third-order valence-corrected chi connectivity index (χ3v) is 5.53. The number of carbonyl (C=O) groups excluding carboxylic acids is 2. The Morgan fingerprint density at radius 2 is 1.79 bits per heavy atom. The van der Waals surface area contributed by atoms with Gasteiger partial charge >= 0.3 is 0 Å². The number of rotatable bonds is 6. The van der Waals surface area contributed by atoms with E-state index < -0.39 is 17.8 Å². The van der Waals surface area contributed by atoms with Crippen molar-refractivity contribution in [2.75, 3.05) is 0 Å². The SMILES string of the molecule is O=C(NC(Cc1c[nH]c2ccccc12)C(=O)NC1CCCC1)c1ccc(F)cc1. The molecule has 1 aromatic heterocycles. The Bertz CT molecular complexity index is 1010. The first-order chi connectivity index (χ1) is 14.1. The first kappa shape index (κ1) is 19.2. The molecule has 1 atom stereocenters. The molecule has 0 radical (unpaired) electrons. The van der Waals surface area contributed by atoms with Crippen LogP contribution in [0.3, 0.4) is 0 Å². The average molecular weight is 393 g/mol. The van der Waals surface area contributed by atoms with Crippen molar-refractivity contribution < 1.29 is 14.0 Å². The van der Waals surface area contributed by atoms with Crippen molar-refractivity contribution in [3.05, 3.63) is 71.7 Å². The van der Waals surface area contributed by atoms with Gasteiger partial charge < -0.3 is 15.6 Å². The number of hydrogen-bond donors (Lipinski definition) is 3. The summed E-state index contributed by atoms with van der Waals surface area (Å²) in [5, 5.41) is 6.95. The summed E-state index contributed by atoms with van der Waals surface area (Å²) in [7, 11) is 0. The molecule has 1 unspecified atom stereocenters. The highest BCUT2D eigenvalue weighted by Gasteiger charge is 2.26. The zero-order valence-electron chi connectivity index (χ0n) is 16.1. The smallest absolute Gasteiger partial charge is 0.251 e. The Kier molecular flexibility index (Phi) is 5.60. The van der Waals surface area contributed by atoms with Crippen LogP contribution in [0.5, 0.6) is 0 Å². The van der Waals surface area contributed by atoms with E-state index in [-0.39, 0.29) is 11.9 Å². The fraction of sp³-hybridized carbons (Fsp3) is 0.304. The number of hydrogen-bond acceptors (Lipinski definition) is 2. The van der Waals surface area contributed by atoms with Gasteiger partial charge in [-0.05, 0) is 48.7 Å². The van der Waals surface area contributed by atoms with Gasteiger partial charge in [0.1, 0.15) is 11.9 Å². The maximum absolute atomic E-state index is 13.2. The molecule has 2 aromatic carbocycles. The monoisotopic (exact) mass is 393 g/mol. The molecule has 1 saturated carbocycles. The average Bonchev–Trinajstić information content (AvgIpc) is 3.38. The molecule has 4 rings (SSSR count). The van der Waals surface area contributed by atoms with E-state index in [1.54, 1.807) is 0 Å². The lowest BCUT2D eigenvalue weighted by atomic mass is 10.0. The summed E-state index contributed by atoms with van der Waals surface area (Å²) in [5.74, 6) is -0.982. The number of aromatic amines is 1. The summed E-state index contributed by atoms with van der Waals surface area (Å²) in [6, 6.07) is 12.6. The van der Waals surface area contributed by atoms with Gasteiger partial charge in [0.25, 0.3) is 5.91 Å². The molecule has 3 aromatic rings. The number of nitrogens with one attached hydrogen (secondary N) is 3. The van der Waals surface area contributed by atoms with Crippen molar-refractivity contribution in [2.45, 2.75) is 44.2 Å². The van der Waals surface area contributed by atoms with E-state index >= 15 is 0 Å². The molecule has 5 nitrogen and oxygen atoms in total. The van der Waals surface area contributed by atoms with Crippen molar-refractivity contribution in [3.8, 4) is 0 Å². The predicted octanol–water partition coefficient (Wildman–Crippen LogP) is 3.71. The van der Waals surface area contributed by atoms with Crippen molar-refractivity contribution in [1.29, 1.82) is 0 Å². The highest BCUT2D eigenvalue weighted by molar-refractivity contribution is 5.98. The van der Waals surface area contributed by atoms with Gasteiger partial charge in [0.15, 0.2) is 0 Å². The maximum Gasteiger partial charge on any atom is 0.251 e. The van der Waals surface area contributed by atoms with Gasteiger partial charge in [-0.15, -0.1) is 0 Å². The van der Waals surface area contributed by atoms with Crippen LogP contribution >= 0.6 is 0 Å². The minimum atomic E-state index is -0.715. The van der Waals surface area contributed by atoms with Crippen LogP contribution in [0.15, 0.2) is 54.7 Å². The molecule has 0 bridgehead atoms. The van der Waals surface area contributed by atoms with Crippen LogP contribution < -0.4 is 10.6 Å². The number of fused-ring (bicyclic) bond motifs is 1. The van der Waals surface area contributed by atoms with E-state index in [4.69, 9.17) is 0 Å². The number of carbonyl (C=O) groups is 2. The van der Waals surface area contributed by atoms with Gasteiger partial charge in [-0.2, -0.15) is 0 Å². The molecule has 150 valence electrons. The van der Waals surface area contributed by atoms with Gasteiger partial charge in [-0.25, -0.2) is 4.39 Å². The van der Waals surface area contributed by atoms with E-state index in [2.05, 4.69) is 15.6 Å². The normalized spacial score (nSPS) is 15.3. The zero-order chi connectivity index (χ0) is 20.2. The minimum absolute atomic E-state index is 0.163. The zero-order valence-corrected chi connectivity index (χ0v) is 16.1. The molecule has 1 fully saturated rings. The van der Waals surface area contributed by atoms with Gasteiger partial charge in [0, 0.05) is 35.1 Å². The number of aromatic nitrogens is 1. The fourth-order valence-electron chi connectivity index (χ4n) is 3.94. The minimum Gasteiger partial charge on any atom is -0.361 e. The Hall–Kier alpha value is -3.15. The Balaban J connectivity index is 1.55. The predicted molar refractivity (Wildman–Crippen MR) is 110 cm³/mol. The largest absolute Gasteiger partial charge is 0.361 e. The van der Waals surface area contributed by atoms with Gasteiger partial charge in [-0.3, -0.25) is 9.59 Å².